The zero-order chi connectivity index (χ0) is 19.0. The van der Waals surface area contributed by atoms with Gasteiger partial charge in [0.2, 0.25) is 11.8 Å². The summed E-state index contributed by atoms with van der Waals surface area (Å²) < 4.78 is 13.0. The van der Waals surface area contributed by atoms with Gasteiger partial charge >= 0.3 is 0 Å². The summed E-state index contributed by atoms with van der Waals surface area (Å²) >= 11 is 0. The van der Waals surface area contributed by atoms with E-state index in [1.54, 1.807) is 12.1 Å². The number of halogens is 1. The van der Waals surface area contributed by atoms with Crippen LogP contribution in [0.1, 0.15) is 63.5 Å². The van der Waals surface area contributed by atoms with E-state index < -0.39 is 0 Å². The maximum absolute atomic E-state index is 13.0. The number of benzene rings is 1. The van der Waals surface area contributed by atoms with Crippen LogP contribution in [0, 0.1) is 29.0 Å². The van der Waals surface area contributed by atoms with Gasteiger partial charge in [0.15, 0.2) is 0 Å². The van der Waals surface area contributed by atoms with E-state index in [1.165, 1.54) is 31.4 Å². The standard InChI is InChI=1S/C22H29FN2O2/c1-14(18-2-4-19(23)5-3-18)25-20(26)6-7-24-21(27)22-11-15-8-16(12-22)10-17(9-15)13-22/h2-5,14-17H,6-13H2,1H3,(H,24,27)(H,25,26). The van der Waals surface area contributed by atoms with Crippen molar-refractivity contribution in [1.82, 2.24) is 10.6 Å². The SMILES string of the molecule is CC(NC(=O)CCNC(=O)C12CC3CC(CC(C3)C1)C2)c1ccc(F)cc1. The molecule has 4 nitrogen and oxygen atoms in total. The molecule has 2 N–H and O–H groups in total. The molecule has 0 radical (unpaired) electrons. The van der Waals surface area contributed by atoms with Gasteiger partial charge in [0, 0.05) is 18.4 Å². The predicted octanol–water partition coefficient (Wildman–Crippen LogP) is 3.73. The van der Waals surface area contributed by atoms with E-state index in [-0.39, 0.29) is 35.5 Å². The van der Waals surface area contributed by atoms with Crippen molar-refractivity contribution >= 4 is 11.8 Å². The minimum Gasteiger partial charge on any atom is -0.355 e. The van der Waals surface area contributed by atoms with E-state index in [4.69, 9.17) is 0 Å². The second-order valence-electron chi connectivity index (χ2n) is 9.04. The fraction of sp³-hybridized carbons (Fsp3) is 0.636. The van der Waals surface area contributed by atoms with Crippen molar-refractivity contribution in [2.24, 2.45) is 23.2 Å². The van der Waals surface area contributed by atoms with Crippen molar-refractivity contribution in [2.45, 2.75) is 57.9 Å². The molecule has 4 bridgehead atoms. The van der Waals surface area contributed by atoms with Crippen molar-refractivity contribution in [3.8, 4) is 0 Å². The highest BCUT2D eigenvalue weighted by molar-refractivity contribution is 5.84. The molecule has 0 heterocycles. The fourth-order valence-electron chi connectivity index (χ4n) is 6.01. The lowest BCUT2D eigenvalue weighted by molar-refractivity contribution is -0.146. The zero-order valence-corrected chi connectivity index (χ0v) is 16.0. The first-order valence-corrected chi connectivity index (χ1v) is 10.3. The summed E-state index contributed by atoms with van der Waals surface area (Å²) in [6.45, 7) is 2.25. The lowest BCUT2D eigenvalue weighted by Crippen LogP contribution is -2.53. The molecule has 4 aliphatic carbocycles. The van der Waals surface area contributed by atoms with Crippen molar-refractivity contribution in [3.05, 3.63) is 35.6 Å². The van der Waals surface area contributed by atoms with Crippen LogP contribution in [-0.2, 0) is 9.59 Å². The van der Waals surface area contributed by atoms with Gasteiger partial charge in [-0.3, -0.25) is 9.59 Å². The Bertz CT molecular complexity index is 680. The van der Waals surface area contributed by atoms with Gasteiger partial charge in [-0.05, 0) is 80.9 Å². The Morgan fingerprint density at radius 1 is 1.07 bits per heavy atom. The number of carbonyl (C=O) groups excluding carboxylic acids is 2. The Labute approximate surface area is 160 Å². The minimum absolute atomic E-state index is 0.0994. The zero-order valence-electron chi connectivity index (χ0n) is 16.0. The summed E-state index contributed by atoms with van der Waals surface area (Å²) in [5, 5.41) is 5.95. The van der Waals surface area contributed by atoms with Gasteiger partial charge in [-0.25, -0.2) is 4.39 Å². The van der Waals surface area contributed by atoms with Crippen LogP contribution in [0.15, 0.2) is 24.3 Å². The van der Waals surface area contributed by atoms with E-state index in [0.717, 1.165) is 42.6 Å². The lowest BCUT2D eigenvalue weighted by atomic mass is 9.49. The molecular weight excluding hydrogens is 343 g/mol. The number of nitrogens with one attached hydrogen (secondary N) is 2. The van der Waals surface area contributed by atoms with E-state index in [9.17, 15) is 14.0 Å². The molecule has 0 spiro atoms. The van der Waals surface area contributed by atoms with E-state index in [0.29, 0.717) is 6.54 Å². The van der Waals surface area contributed by atoms with Crippen LogP contribution in [0.4, 0.5) is 4.39 Å². The fourth-order valence-corrected chi connectivity index (χ4v) is 6.01. The molecule has 5 rings (SSSR count). The Morgan fingerprint density at radius 2 is 1.63 bits per heavy atom. The molecule has 0 aliphatic heterocycles. The number of carbonyl (C=O) groups is 2. The molecule has 1 aromatic rings. The van der Waals surface area contributed by atoms with Crippen LogP contribution in [0.2, 0.25) is 0 Å². The van der Waals surface area contributed by atoms with Crippen molar-refractivity contribution in [3.63, 3.8) is 0 Å². The monoisotopic (exact) mass is 372 g/mol. The van der Waals surface area contributed by atoms with Crippen LogP contribution in [0.5, 0.6) is 0 Å². The number of hydrogen-bond donors (Lipinski definition) is 2. The van der Waals surface area contributed by atoms with Gasteiger partial charge in [-0.2, -0.15) is 0 Å². The third kappa shape index (κ3) is 3.87. The predicted molar refractivity (Wildman–Crippen MR) is 101 cm³/mol. The van der Waals surface area contributed by atoms with Gasteiger partial charge in [-0.1, -0.05) is 12.1 Å². The highest BCUT2D eigenvalue weighted by atomic mass is 19.1. The van der Waals surface area contributed by atoms with Crippen LogP contribution in [-0.4, -0.2) is 18.4 Å². The van der Waals surface area contributed by atoms with Gasteiger partial charge in [0.05, 0.1) is 6.04 Å². The number of amides is 2. The molecule has 1 aromatic carbocycles. The van der Waals surface area contributed by atoms with Gasteiger partial charge < -0.3 is 10.6 Å². The van der Waals surface area contributed by atoms with E-state index in [1.807, 2.05) is 6.92 Å². The Kier molecular flexibility index (Phi) is 4.95. The van der Waals surface area contributed by atoms with Gasteiger partial charge in [0.1, 0.15) is 5.82 Å². The Balaban J connectivity index is 1.24. The third-order valence-electron chi connectivity index (χ3n) is 6.91. The molecule has 27 heavy (non-hydrogen) atoms. The molecule has 4 saturated carbocycles. The average Bonchev–Trinajstić information content (AvgIpc) is 2.61. The topological polar surface area (TPSA) is 58.2 Å². The van der Waals surface area contributed by atoms with Crippen LogP contribution >= 0.6 is 0 Å². The Morgan fingerprint density at radius 3 is 2.19 bits per heavy atom. The maximum Gasteiger partial charge on any atom is 0.226 e. The van der Waals surface area contributed by atoms with E-state index in [2.05, 4.69) is 10.6 Å². The Hall–Kier alpha value is -1.91. The molecule has 2 amide bonds. The molecule has 0 saturated heterocycles. The maximum atomic E-state index is 13.0. The summed E-state index contributed by atoms with van der Waals surface area (Å²) in [6, 6.07) is 5.95. The second-order valence-corrected chi connectivity index (χ2v) is 9.04. The number of hydrogen-bond acceptors (Lipinski definition) is 2. The summed E-state index contributed by atoms with van der Waals surface area (Å²) in [5.41, 5.74) is 0.703. The van der Waals surface area contributed by atoms with Gasteiger partial charge in [0.25, 0.3) is 0 Å². The first kappa shape index (κ1) is 18.5. The first-order valence-electron chi connectivity index (χ1n) is 10.3. The molecule has 4 aliphatic rings. The van der Waals surface area contributed by atoms with Crippen molar-refractivity contribution in [2.75, 3.05) is 6.54 Å². The molecule has 4 fully saturated rings. The average molecular weight is 372 g/mol. The quantitative estimate of drug-likeness (QED) is 0.799. The van der Waals surface area contributed by atoms with Crippen molar-refractivity contribution in [1.29, 1.82) is 0 Å². The smallest absolute Gasteiger partial charge is 0.226 e. The van der Waals surface area contributed by atoms with E-state index >= 15 is 0 Å². The summed E-state index contributed by atoms with van der Waals surface area (Å²) in [5.74, 6) is 1.99. The van der Waals surface area contributed by atoms with Crippen LogP contribution < -0.4 is 10.6 Å². The minimum atomic E-state index is -0.287. The molecule has 0 aromatic heterocycles. The van der Waals surface area contributed by atoms with Gasteiger partial charge in [-0.15, -0.1) is 0 Å². The molecule has 5 heteroatoms. The summed E-state index contributed by atoms with van der Waals surface area (Å²) in [7, 11) is 0. The highest BCUT2D eigenvalue weighted by Gasteiger charge is 2.54. The third-order valence-corrected chi connectivity index (χ3v) is 6.91. The molecule has 146 valence electrons. The first-order chi connectivity index (χ1) is 12.9. The molecular formula is C22H29FN2O2. The summed E-state index contributed by atoms with van der Waals surface area (Å²) in [4.78, 5) is 25.1. The summed E-state index contributed by atoms with van der Waals surface area (Å²) in [6.07, 6.45) is 7.34. The molecule has 1 unspecified atom stereocenters. The molecule has 1 atom stereocenters. The second kappa shape index (κ2) is 7.25. The van der Waals surface area contributed by atoms with Crippen LogP contribution in [0.25, 0.3) is 0 Å². The van der Waals surface area contributed by atoms with Crippen molar-refractivity contribution < 1.29 is 14.0 Å². The number of rotatable bonds is 6. The largest absolute Gasteiger partial charge is 0.355 e. The lowest BCUT2D eigenvalue weighted by Gasteiger charge is -2.55. The van der Waals surface area contributed by atoms with Crippen LogP contribution in [0.3, 0.4) is 0 Å². The normalized spacial score (nSPS) is 32.1. The highest BCUT2D eigenvalue weighted by Crippen LogP contribution is 2.60.